The average molecular weight is 143 g/mol. The molecule has 56 valence electrons. The van der Waals surface area contributed by atoms with E-state index in [-0.39, 0.29) is 0 Å². The maximum Gasteiger partial charge on any atom is 0.414 e. The Kier molecular flexibility index (Phi) is 2.18. The second kappa shape index (κ2) is 3.13. The fourth-order valence-corrected chi connectivity index (χ4v) is 0.342. The van der Waals surface area contributed by atoms with E-state index in [4.69, 9.17) is 6.90 Å². The Morgan fingerprint density at radius 1 is 1.80 bits per heavy atom. The first-order valence-electron chi connectivity index (χ1n) is 3.29. The van der Waals surface area contributed by atoms with Crippen LogP contribution in [0.15, 0.2) is 0 Å². The van der Waals surface area contributed by atoms with E-state index >= 15 is 0 Å². The molecule has 4 heteroatoms. The fourth-order valence-electron chi connectivity index (χ4n) is 0.342. The van der Waals surface area contributed by atoms with Gasteiger partial charge in [-0.05, 0) is 20.8 Å². The molecule has 0 atom stereocenters. The van der Waals surface area contributed by atoms with Crippen molar-refractivity contribution >= 4 is 12.2 Å². The van der Waals surface area contributed by atoms with Gasteiger partial charge in [0.2, 0.25) is 0 Å². The SMILES string of the molecule is [2H]C(=[N+]=[N-])C(=O)OC(C)(C)C. The third-order valence-corrected chi connectivity index (χ3v) is 0.540. The lowest BCUT2D eigenvalue weighted by atomic mass is 10.2. The van der Waals surface area contributed by atoms with Gasteiger partial charge >= 0.3 is 12.2 Å². The topological polar surface area (TPSA) is 62.7 Å². The van der Waals surface area contributed by atoms with Gasteiger partial charge in [-0.2, -0.15) is 4.79 Å². The zero-order chi connectivity index (χ0) is 9.07. The predicted molar refractivity (Wildman–Crippen MR) is 35.5 cm³/mol. The fraction of sp³-hybridized carbons (Fsp3) is 0.667. The average Bonchev–Trinajstić information content (AvgIpc) is 1.82. The molecule has 0 bridgehead atoms. The lowest BCUT2D eigenvalue weighted by Gasteiger charge is -2.16. The van der Waals surface area contributed by atoms with Crippen LogP contribution < -0.4 is 0 Å². The molecule has 0 heterocycles. The van der Waals surface area contributed by atoms with Crippen molar-refractivity contribution in [3.05, 3.63) is 5.53 Å². The number of esters is 1. The maximum atomic E-state index is 10.7. The van der Waals surface area contributed by atoms with Crippen LogP contribution in [0.4, 0.5) is 0 Å². The maximum absolute atomic E-state index is 10.7. The minimum Gasteiger partial charge on any atom is -0.452 e. The van der Waals surface area contributed by atoms with E-state index in [1.807, 2.05) is 0 Å². The number of carbonyl (C=O) groups excluding carboxylic acids is 1. The molecule has 0 saturated carbocycles. The van der Waals surface area contributed by atoms with Crippen LogP contribution in [0.5, 0.6) is 0 Å². The second-order valence-electron chi connectivity index (χ2n) is 2.71. The molecule has 0 aliphatic rings. The van der Waals surface area contributed by atoms with Gasteiger partial charge in [-0.3, -0.25) is 0 Å². The Hall–Kier alpha value is -1.15. The van der Waals surface area contributed by atoms with Crippen molar-refractivity contribution in [2.24, 2.45) is 0 Å². The van der Waals surface area contributed by atoms with E-state index in [1.54, 1.807) is 20.8 Å². The molecule has 0 aromatic heterocycles. The number of hydrogen-bond donors (Lipinski definition) is 0. The predicted octanol–water partition coefficient (Wildman–Crippen LogP) is 0.629. The zero-order valence-electron chi connectivity index (χ0n) is 7.21. The van der Waals surface area contributed by atoms with Crippen LogP contribution in [0.3, 0.4) is 0 Å². The van der Waals surface area contributed by atoms with Crippen LogP contribution in [0.2, 0.25) is 0 Å². The number of rotatable bonds is 1. The summed E-state index contributed by atoms with van der Waals surface area (Å²) in [6.45, 7) is 4.99. The molecule has 0 saturated heterocycles. The third kappa shape index (κ3) is 5.00. The van der Waals surface area contributed by atoms with E-state index in [1.165, 1.54) is 0 Å². The molecule has 0 aromatic rings. The molecule has 0 amide bonds. The Labute approximate surface area is 60.8 Å². The van der Waals surface area contributed by atoms with Crippen molar-refractivity contribution in [1.29, 1.82) is 0 Å². The first kappa shape index (κ1) is 6.96. The Balaban J connectivity index is 4.21. The largest absolute Gasteiger partial charge is 0.452 e. The number of nitrogens with zero attached hydrogens (tertiary/aromatic N) is 2. The molecule has 10 heavy (non-hydrogen) atoms. The van der Waals surface area contributed by atoms with Crippen LogP contribution in [0.25, 0.3) is 5.53 Å². The Morgan fingerprint density at radius 2 is 2.30 bits per heavy atom. The van der Waals surface area contributed by atoms with Gasteiger partial charge < -0.3 is 10.3 Å². The molecule has 0 unspecified atom stereocenters. The standard InChI is InChI=1S/C6H10N2O2/c1-6(2,3)10-5(9)4-8-7/h4H,1-3H3/i4D. The Bertz CT molecular complexity index is 213. The number of hydrogen-bond acceptors (Lipinski definition) is 2. The highest BCUT2D eigenvalue weighted by molar-refractivity contribution is 6.20. The summed E-state index contributed by atoms with van der Waals surface area (Å²) in [6, 6.07) is 0. The first-order chi connectivity index (χ1) is 4.87. The first-order valence-corrected chi connectivity index (χ1v) is 2.79. The minimum absolute atomic E-state index is 0.659. The molecule has 0 aliphatic heterocycles. The van der Waals surface area contributed by atoms with E-state index in [0.717, 1.165) is 0 Å². The quantitative estimate of drug-likeness (QED) is 0.234. The van der Waals surface area contributed by atoms with Crippen LogP contribution in [-0.2, 0) is 9.53 Å². The third-order valence-electron chi connectivity index (χ3n) is 0.540. The molecule has 0 rings (SSSR count). The van der Waals surface area contributed by atoms with Crippen molar-refractivity contribution in [2.45, 2.75) is 26.4 Å². The van der Waals surface area contributed by atoms with Gasteiger partial charge in [0.25, 0.3) is 0 Å². The highest BCUT2D eigenvalue weighted by atomic mass is 16.6. The lowest BCUT2D eigenvalue weighted by molar-refractivity contribution is -0.149. The molecular formula is C6H10N2O2. The summed E-state index contributed by atoms with van der Waals surface area (Å²) in [5, 5.41) is 0. The Morgan fingerprint density at radius 3 is 2.60 bits per heavy atom. The summed E-state index contributed by atoms with van der Waals surface area (Å²) in [5.74, 6) is -0.931. The monoisotopic (exact) mass is 143 g/mol. The summed E-state index contributed by atoms with van der Waals surface area (Å²) in [7, 11) is 0. The number of ether oxygens (including phenoxy) is 1. The lowest BCUT2D eigenvalue weighted by Crippen LogP contribution is -2.24. The van der Waals surface area contributed by atoms with Gasteiger partial charge in [-0.15, -0.1) is 0 Å². The molecule has 0 aromatic carbocycles. The molecule has 0 fully saturated rings. The molecule has 0 spiro atoms. The van der Waals surface area contributed by atoms with Gasteiger partial charge in [0.1, 0.15) is 5.60 Å². The highest BCUT2D eigenvalue weighted by Gasteiger charge is 2.16. The van der Waals surface area contributed by atoms with Gasteiger partial charge in [0, 0.05) is 0 Å². The summed E-state index contributed by atoms with van der Waals surface area (Å²) < 4.78 is 11.4. The van der Waals surface area contributed by atoms with Crippen LogP contribution in [0.1, 0.15) is 22.1 Å². The van der Waals surface area contributed by atoms with Gasteiger partial charge in [-0.1, -0.05) is 0 Å². The van der Waals surface area contributed by atoms with E-state index in [0.29, 0.717) is 0 Å². The van der Waals surface area contributed by atoms with E-state index in [2.05, 4.69) is 9.53 Å². The second-order valence-corrected chi connectivity index (χ2v) is 2.71. The summed E-state index contributed by atoms with van der Waals surface area (Å²) in [4.78, 5) is 13.1. The molecule has 4 nitrogen and oxygen atoms in total. The smallest absolute Gasteiger partial charge is 0.414 e. The van der Waals surface area contributed by atoms with Crippen molar-refractivity contribution in [3.8, 4) is 0 Å². The van der Waals surface area contributed by atoms with E-state index < -0.39 is 17.8 Å². The van der Waals surface area contributed by atoms with Crippen LogP contribution in [-0.4, -0.2) is 22.6 Å². The molecule has 0 radical (unpaired) electrons. The zero-order valence-corrected chi connectivity index (χ0v) is 6.21. The minimum atomic E-state index is -0.931. The highest BCUT2D eigenvalue weighted by Crippen LogP contribution is 2.05. The van der Waals surface area contributed by atoms with Gasteiger partial charge in [-0.25, -0.2) is 4.79 Å². The van der Waals surface area contributed by atoms with Crippen molar-refractivity contribution < 1.29 is 15.7 Å². The van der Waals surface area contributed by atoms with Crippen molar-refractivity contribution in [2.75, 3.05) is 0 Å². The summed E-state index contributed by atoms with van der Waals surface area (Å²) >= 11 is 0. The molecule has 0 aliphatic carbocycles. The van der Waals surface area contributed by atoms with Crippen molar-refractivity contribution in [3.63, 3.8) is 0 Å². The molecular weight excluding hydrogens is 132 g/mol. The van der Waals surface area contributed by atoms with Crippen molar-refractivity contribution in [1.82, 2.24) is 0 Å². The van der Waals surface area contributed by atoms with Crippen LogP contribution >= 0.6 is 0 Å². The van der Waals surface area contributed by atoms with Crippen LogP contribution in [0, 0.1) is 0 Å². The van der Waals surface area contributed by atoms with Gasteiger partial charge in [0.15, 0.2) is 1.37 Å². The van der Waals surface area contributed by atoms with Gasteiger partial charge in [0.05, 0.1) is 0 Å². The van der Waals surface area contributed by atoms with E-state index in [9.17, 15) is 4.79 Å². The molecule has 0 N–H and O–H groups in total. The summed E-state index contributed by atoms with van der Waals surface area (Å²) in [5.41, 5.74) is 7.34. The normalized spacial score (nSPS) is 11.3. The summed E-state index contributed by atoms with van der Waals surface area (Å²) in [6.07, 6.45) is -0.792. The number of carbonyl (C=O) groups is 1.